The molecule has 0 radical (unpaired) electrons. The maximum atomic E-state index is 12.9. The van der Waals surface area contributed by atoms with Crippen LogP contribution in [-0.2, 0) is 11.2 Å². The van der Waals surface area contributed by atoms with Crippen LogP contribution in [0.2, 0.25) is 0 Å². The number of hydrogen-bond donors (Lipinski definition) is 1. The third-order valence-electron chi connectivity index (χ3n) is 3.05. The summed E-state index contributed by atoms with van der Waals surface area (Å²) in [6.07, 6.45) is -3.14. The van der Waals surface area contributed by atoms with Crippen molar-refractivity contribution in [2.24, 2.45) is 5.92 Å². The first kappa shape index (κ1) is 17.5. The Kier molecular flexibility index (Phi) is 5.75. The first-order chi connectivity index (χ1) is 9.64. The predicted molar refractivity (Wildman–Crippen MR) is 72.5 cm³/mol. The predicted octanol–water partition coefficient (Wildman–Crippen LogP) is 3.96. The summed E-state index contributed by atoms with van der Waals surface area (Å²) in [4.78, 5) is 11.2. The van der Waals surface area contributed by atoms with Gasteiger partial charge in [-0.2, -0.15) is 8.78 Å². The molecule has 0 saturated carbocycles. The van der Waals surface area contributed by atoms with Crippen molar-refractivity contribution in [2.45, 2.75) is 45.6 Å². The van der Waals surface area contributed by atoms with E-state index >= 15 is 0 Å². The highest BCUT2D eigenvalue weighted by molar-refractivity contribution is 5.84. The number of nitrogens with one attached hydrogen (secondary N) is 1. The van der Waals surface area contributed by atoms with Crippen LogP contribution in [0.4, 0.5) is 17.6 Å². The van der Waals surface area contributed by atoms with E-state index in [-0.39, 0.29) is 0 Å². The molecule has 1 aromatic rings. The number of halogens is 4. The molecule has 0 spiro atoms. The minimum Gasteiger partial charge on any atom is -0.344 e. The molecule has 0 aliphatic heterocycles. The molecule has 1 N–H and O–H groups in total. The molecule has 2 nitrogen and oxygen atoms in total. The molecule has 1 aromatic carbocycles. The highest BCUT2D eigenvalue weighted by atomic mass is 19.3. The lowest BCUT2D eigenvalue weighted by molar-refractivity contribution is -0.170. The molecular formula is C15H19F4NO. The Morgan fingerprint density at radius 2 is 1.67 bits per heavy atom. The fraction of sp³-hybridized carbons (Fsp3) is 0.533. The van der Waals surface area contributed by atoms with Crippen LogP contribution >= 0.6 is 0 Å². The van der Waals surface area contributed by atoms with Gasteiger partial charge in [-0.15, -0.1) is 0 Å². The van der Waals surface area contributed by atoms with E-state index in [4.69, 9.17) is 0 Å². The zero-order valence-corrected chi connectivity index (χ0v) is 12.2. The van der Waals surface area contributed by atoms with Crippen LogP contribution in [-0.4, -0.2) is 18.3 Å². The van der Waals surface area contributed by atoms with Crippen LogP contribution in [0, 0.1) is 5.92 Å². The van der Waals surface area contributed by atoms with Gasteiger partial charge in [0.2, 0.25) is 0 Å². The highest BCUT2D eigenvalue weighted by Gasteiger charge is 2.49. The van der Waals surface area contributed by atoms with Crippen LogP contribution in [0.5, 0.6) is 0 Å². The molecule has 1 unspecified atom stereocenters. The van der Waals surface area contributed by atoms with E-state index in [1.54, 1.807) is 12.1 Å². The van der Waals surface area contributed by atoms with Gasteiger partial charge < -0.3 is 5.32 Å². The van der Waals surface area contributed by atoms with Crippen LogP contribution in [0.15, 0.2) is 24.3 Å². The number of amides is 1. The zero-order chi connectivity index (χ0) is 16.2. The molecule has 0 aromatic heterocycles. The van der Waals surface area contributed by atoms with E-state index in [9.17, 15) is 22.4 Å². The third kappa shape index (κ3) is 4.72. The summed E-state index contributed by atoms with van der Waals surface area (Å²) in [6.45, 7) is 5.61. The molecule has 0 fully saturated rings. The number of benzene rings is 1. The molecular weight excluding hydrogens is 286 g/mol. The van der Waals surface area contributed by atoms with E-state index in [1.807, 2.05) is 17.4 Å². The van der Waals surface area contributed by atoms with Crippen molar-refractivity contribution in [1.29, 1.82) is 0 Å². The van der Waals surface area contributed by atoms with Gasteiger partial charge in [0.15, 0.2) is 0 Å². The van der Waals surface area contributed by atoms with Crippen LogP contribution < -0.4 is 5.32 Å². The van der Waals surface area contributed by atoms with Gasteiger partial charge in [-0.1, -0.05) is 38.1 Å². The Bertz CT molecular complexity index is 471. The maximum absolute atomic E-state index is 12.9. The van der Waals surface area contributed by atoms with Crippen molar-refractivity contribution >= 4 is 5.91 Å². The SMILES string of the molecule is CC(C)Cc1ccc(C(C)NC(=O)C(F)(F)C(F)F)cc1. The van der Waals surface area contributed by atoms with Crippen molar-refractivity contribution < 1.29 is 22.4 Å². The number of rotatable bonds is 6. The molecule has 0 bridgehead atoms. The number of carbonyl (C=O) groups is 1. The topological polar surface area (TPSA) is 29.1 Å². The normalized spacial score (nSPS) is 13.6. The highest BCUT2D eigenvalue weighted by Crippen LogP contribution is 2.24. The molecule has 1 rings (SSSR count). The van der Waals surface area contributed by atoms with Gasteiger partial charge in [-0.05, 0) is 30.4 Å². The summed E-state index contributed by atoms with van der Waals surface area (Å²) in [5, 5.41) is 1.91. The molecule has 0 heterocycles. The molecule has 21 heavy (non-hydrogen) atoms. The summed E-state index contributed by atoms with van der Waals surface area (Å²) < 4.78 is 49.9. The van der Waals surface area contributed by atoms with E-state index in [0.717, 1.165) is 12.0 Å². The number of alkyl halides is 4. The largest absolute Gasteiger partial charge is 0.383 e. The van der Waals surface area contributed by atoms with E-state index < -0.39 is 24.3 Å². The summed E-state index contributed by atoms with van der Waals surface area (Å²) >= 11 is 0. The number of hydrogen-bond acceptors (Lipinski definition) is 1. The Hall–Kier alpha value is -1.59. The van der Waals surface area contributed by atoms with Crippen LogP contribution in [0.1, 0.15) is 37.9 Å². The van der Waals surface area contributed by atoms with Crippen molar-refractivity contribution in [3.8, 4) is 0 Å². The van der Waals surface area contributed by atoms with Gasteiger partial charge in [0.05, 0.1) is 6.04 Å². The van der Waals surface area contributed by atoms with Gasteiger partial charge in [0.1, 0.15) is 0 Å². The Labute approximate surface area is 121 Å². The van der Waals surface area contributed by atoms with E-state index in [1.165, 1.54) is 6.92 Å². The second-order valence-electron chi connectivity index (χ2n) is 5.46. The average molecular weight is 305 g/mol. The molecule has 1 atom stereocenters. The molecule has 0 aliphatic carbocycles. The first-order valence-corrected chi connectivity index (χ1v) is 6.70. The Morgan fingerprint density at radius 3 is 2.10 bits per heavy atom. The van der Waals surface area contributed by atoms with Crippen LogP contribution in [0.25, 0.3) is 0 Å². The van der Waals surface area contributed by atoms with Gasteiger partial charge >= 0.3 is 12.3 Å². The van der Waals surface area contributed by atoms with Gasteiger partial charge in [-0.3, -0.25) is 4.79 Å². The first-order valence-electron chi connectivity index (χ1n) is 6.70. The minimum absolute atomic E-state index is 0.484. The summed E-state index contributed by atoms with van der Waals surface area (Å²) in [6, 6.07) is 6.30. The quantitative estimate of drug-likeness (QED) is 0.792. The summed E-state index contributed by atoms with van der Waals surface area (Å²) in [5.74, 6) is -6.15. The fourth-order valence-electron chi connectivity index (χ4n) is 1.89. The minimum atomic E-state index is -4.67. The average Bonchev–Trinajstić information content (AvgIpc) is 2.38. The van der Waals surface area contributed by atoms with Gasteiger partial charge in [0.25, 0.3) is 5.91 Å². The molecule has 118 valence electrons. The lowest BCUT2D eigenvalue weighted by atomic mass is 10.00. The Morgan fingerprint density at radius 1 is 1.14 bits per heavy atom. The standard InChI is InChI=1S/C15H19F4NO/c1-9(2)8-11-4-6-12(7-5-11)10(3)20-14(21)15(18,19)13(16)17/h4-7,9-10,13H,8H2,1-3H3,(H,20,21). The molecule has 0 aliphatic rings. The maximum Gasteiger partial charge on any atom is 0.383 e. The van der Waals surface area contributed by atoms with Gasteiger partial charge in [-0.25, -0.2) is 8.78 Å². The van der Waals surface area contributed by atoms with Crippen molar-refractivity contribution in [1.82, 2.24) is 5.32 Å². The Balaban J connectivity index is 2.72. The second-order valence-corrected chi connectivity index (χ2v) is 5.46. The van der Waals surface area contributed by atoms with Gasteiger partial charge in [0, 0.05) is 0 Å². The fourth-order valence-corrected chi connectivity index (χ4v) is 1.89. The molecule has 1 amide bonds. The van der Waals surface area contributed by atoms with Crippen LogP contribution in [0.3, 0.4) is 0 Å². The molecule has 0 saturated heterocycles. The van der Waals surface area contributed by atoms with Crippen molar-refractivity contribution in [3.05, 3.63) is 35.4 Å². The monoisotopic (exact) mass is 305 g/mol. The van der Waals surface area contributed by atoms with Crippen molar-refractivity contribution in [3.63, 3.8) is 0 Å². The number of carbonyl (C=O) groups excluding carboxylic acids is 1. The third-order valence-corrected chi connectivity index (χ3v) is 3.05. The van der Waals surface area contributed by atoms with E-state index in [2.05, 4.69) is 13.8 Å². The second kappa shape index (κ2) is 6.91. The zero-order valence-electron chi connectivity index (χ0n) is 12.2. The summed E-state index contributed by atoms with van der Waals surface area (Å²) in [7, 11) is 0. The summed E-state index contributed by atoms with van der Waals surface area (Å²) in [5.41, 5.74) is 1.67. The van der Waals surface area contributed by atoms with E-state index in [0.29, 0.717) is 11.5 Å². The lowest BCUT2D eigenvalue weighted by Crippen LogP contribution is -2.45. The molecule has 6 heteroatoms. The van der Waals surface area contributed by atoms with Crippen molar-refractivity contribution in [2.75, 3.05) is 0 Å². The smallest absolute Gasteiger partial charge is 0.344 e. The lowest BCUT2D eigenvalue weighted by Gasteiger charge is -2.19.